The summed E-state index contributed by atoms with van der Waals surface area (Å²) in [6, 6.07) is 4.72. The largest absolute Gasteiger partial charge is 0.423 e. The second kappa shape index (κ2) is 3.22. The van der Waals surface area contributed by atoms with E-state index in [-0.39, 0.29) is 11.4 Å². The van der Waals surface area contributed by atoms with Gasteiger partial charge in [-0.2, -0.15) is 4.98 Å². The van der Waals surface area contributed by atoms with Gasteiger partial charge in [0.25, 0.3) is 6.01 Å². The molecule has 15 heavy (non-hydrogen) atoms. The van der Waals surface area contributed by atoms with Gasteiger partial charge in [-0.15, -0.1) is 0 Å². The molecule has 4 heteroatoms. The first-order valence-corrected chi connectivity index (χ1v) is 4.78. The molecule has 0 unspecified atom stereocenters. The summed E-state index contributed by atoms with van der Waals surface area (Å²) in [5, 5.41) is 3.09. The van der Waals surface area contributed by atoms with Gasteiger partial charge in [0.15, 0.2) is 5.58 Å². The molecule has 0 saturated carbocycles. The van der Waals surface area contributed by atoms with E-state index >= 15 is 0 Å². The van der Waals surface area contributed by atoms with Crippen molar-refractivity contribution in [1.82, 2.24) is 4.98 Å². The van der Waals surface area contributed by atoms with E-state index < -0.39 is 0 Å². The Kier molecular flexibility index (Phi) is 2.14. The molecule has 0 aliphatic rings. The Bertz CT molecular complexity index is 485. The number of fused-ring (bicyclic) bond motifs is 1. The van der Waals surface area contributed by atoms with Crippen LogP contribution in [0.2, 0.25) is 0 Å². The van der Waals surface area contributed by atoms with Gasteiger partial charge in [-0.3, -0.25) is 0 Å². The minimum Gasteiger partial charge on any atom is -0.423 e. The maximum absolute atomic E-state index is 12.9. The summed E-state index contributed by atoms with van der Waals surface area (Å²) in [6.07, 6.45) is 0. The second-order valence-electron chi connectivity index (χ2n) is 4.51. The maximum atomic E-state index is 12.9. The van der Waals surface area contributed by atoms with Gasteiger partial charge in [0, 0.05) is 11.6 Å². The molecule has 1 aromatic heterocycles. The molecule has 2 aromatic rings. The summed E-state index contributed by atoms with van der Waals surface area (Å²) in [4.78, 5) is 4.19. The molecule has 1 heterocycles. The van der Waals surface area contributed by atoms with Gasteiger partial charge in [-0.1, -0.05) is 0 Å². The van der Waals surface area contributed by atoms with Crippen molar-refractivity contribution in [2.75, 3.05) is 5.32 Å². The zero-order chi connectivity index (χ0) is 11.1. The highest BCUT2D eigenvalue weighted by molar-refractivity contribution is 5.74. The highest BCUT2D eigenvalue weighted by Gasteiger charge is 2.14. The van der Waals surface area contributed by atoms with Crippen molar-refractivity contribution in [2.24, 2.45) is 0 Å². The van der Waals surface area contributed by atoms with Crippen LogP contribution in [0.25, 0.3) is 11.1 Å². The highest BCUT2D eigenvalue weighted by Crippen LogP contribution is 2.21. The van der Waals surface area contributed by atoms with Crippen LogP contribution in [0.5, 0.6) is 0 Å². The summed E-state index contributed by atoms with van der Waals surface area (Å²) in [6.45, 7) is 6.01. The Labute approximate surface area is 87.3 Å². The molecule has 1 N–H and O–H groups in total. The standard InChI is InChI=1S/C11H13FN2O/c1-11(2,3)14-10-13-8-5-4-7(12)6-9(8)15-10/h4-6H,1-3H3,(H,13,14). The van der Waals surface area contributed by atoms with Gasteiger partial charge >= 0.3 is 0 Å². The Morgan fingerprint density at radius 3 is 2.73 bits per heavy atom. The monoisotopic (exact) mass is 208 g/mol. The number of nitrogens with one attached hydrogen (secondary N) is 1. The van der Waals surface area contributed by atoms with Crippen molar-refractivity contribution >= 4 is 17.1 Å². The van der Waals surface area contributed by atoms with Crippen molar-refractivity contribution in [3.63, 3.8) is 0 Å². The minimum absolute atomic E-state index is 0.126. The number of nitrogens with zero attached hydrogens (tertiary/aromatic N) is 1. The van der Waals surface area contributed by atoms with E-state index in [4.69, 9.17) is 4.42 Å². The molecule has 0 spiro atoms. The third-order valence-electron chi connectivity index (χ3n) is 1.83. The van der Waals surface area contributed by atoms with E-state index in [1.165, 1.54) is 12.1 Å². The zero-order valence-electron chi connectivity index (χ0n) is 8.97. The summed E-state index contributed by atoms with van der Waals surface area (Å²) < 4.78 is 18.2. The number of hydrogen-bond donors (Lipinski definition) is 1. The predicted octanol–water partition coefficient (Wildman–Crippen LogP) is 3.18. The number of rotatable bonds is 1. The van der Waals surface area contributed by atoms with Gasteiger partial charge in [0.2, 0.25) is 0 Å². The molecule has 80 valence electrons. The molecule has 0 fully saturated rings. The third kappa shape index (κ3) is 2.26. The molecule has 0 bridgehead atoms. The smallest absolute Gasteiger partial charge is 0.296 e. The van der Waals surface area contributed by atoms with Crippen LogP contribution >= 0.6 is 0 Å². The lowest BCUT2D eigenvalue weighted by atomic mass is 10.1. The Morgan fingerprint density at radius 2 is 2.07 bits per heavy atom. The Hall–Kier alpha value is -1.58. The van der Waals surface area contributed by atoms with Crippen molar-refractivity contribution < 1.29 is 8.81 Å². The van der Waals surface area contributed by atoms with Gasteiger partial charge in [-0.25, -0.2) is 4.39 Å². The molecule has 3 nitrogen and oxygen atoms in total. The van der Waals surface area contributed by atoms with E-state index in [2.05, 4.69) is 10.3 Å². The van der Waals surface area contributed by atoms with Crippen LogP contribution < -0.4 is 5.32 Å². The van der Waals surface area contributed by atoms with Crippen molar-refractivity contribution in [1.29, 1.82) is 0 Å². The van der Waals surface area contributed by atoms with Gasteiger partial charge < -0.3 is 9.73 Å². The summed E-state index contributed by atoms with van der Waals surface area (Å²) in [5.74, 6) is -0.319. The number of aromatic nitrogens is 1. The molecule has 0 aliphatic heterocycles. The lowest BCUT2D eigenvalue weighted by molar-refractivity contribution is 0.552. The van der Waals surface area contributed by atoms with Gasteiger partial charge in [0.05, 0.1) is 0 Å². The highest BCUT2D eigenvalue weighted by atomic mass is 19.1. The molecule has 0 saturated heterocycles. The van der Waals surface area contributed by atoms with Crippen LogP contribution in [0.4, 0.5) is 10.4 Å². The fourth-order valence-corrected chi connectivity index (χ4v) is 1.27. The first-order chi connectivity index (χ1) is 6.94. The third-order valence-corrected chi connectivity index (χ3v) is 1.83. The van der Waals surface area contributed by atoms with Crippen LogP contribution in [0.3, 0.4) is 0 Å². The van der Waals surface area contributed by atoms with Crippen LogP contribution in [0.1, 0.15) is 20.8 Å². The zero-order valence-corrected chi connectivity index (χ0v) is 8.97. The van der Waals surface area contributed by atoms with E-state index in [0.717, 1.165) is 0 Å². The molecule has 2 rings (SSSR count). The van der Waals surface area contributed by atoms with Crippen molar-refractivity contribution in [3.05, 3.63) is 24.0 Å². The Morgan fingerprint density at radius 1 is 1.33 bits per heavy atom. The lowest BCUT2D eigenvalue weighted by Crippen LogP contribution is -2.26. The summed E-state index contributed by atoms with van der Waals surface area (Å²) in [7, 11) is 0. The lowest BCUT2D eigenvalue weighted by Gasteiger charge is -2.18. The molecule has 0 atom stereocenters. The van der Waals surface area contributed by atoms with E-state index in [9.17, 15) is 4.39 Å². The topological polar surface area (TPSA) is 38.1 Å². The van der Waals surface area contributed by atoms with Crippen LogP contribution in [0, 0.1) is 5.82 Å². The fourth-order valence-electron chi connectivity index (χ4n) is 1.27. The molecular weight excluding hydrogens is 195 g/mol. The molecule has 1 aromatic carbocycles. The average molecular weight is 208 g/mol. The normalized spacial score (nSPS) is 12.0. The number of halogens is 1. The quantitative estimate of drug-likeness (QED) is 0.782. The predicted molar refractivity (Wildman–Crippen MR) is 57.3 cm³/mol. The van der Waals surface area contributed by atoms with E-state index in [1.54, 1.807) is 6.07 Å². The first kappa shape index (κ1) is 9.96. The molecule has 0 radical (unpaired) electrons. The number of hydrogen-bond acceptors (Lipinski definition) is 3. The minimum atomic E-state index is -0.319. The number of oxazole rings is 1. The summed E-state index contributed by atoms with van der Waals surface area (Å²) >= 11 is 0. The fraction of sp³-hybridized carbons (Fsp3) is 0.364. The van der Waals surface area contributed by atoms with Crippen LogP contribution in [0.15, 0.2) is 22.6 Å². The molecule has 0 aliphatic carbocycles. The maximum Gasteiger partial charge on any atom is 0.296 e. The van der Waals surface area contributed by atoms with Crippen LogP contribution in [-0.2, 0) is 0 Å². The molecule has 0 amide bonds. The SMILES string of the molecule is CC(C)(C)Nc1nc2ccc(F)cc2o1. The number of anilines is 1. The van der Waals surface area contributed by atoms with Crippen molar-refractivity contribution in [3.8, 4) is 0 Å². The van der Waals surface area contributed by atoms with Crippen molar-refractivity contribution in [2.45, 2.75) is 26.3 Å². The van der Waals surface area contributed by atoms with Gasteiger partial charge in [0.1, 0.15) is 11.3 Å². The van der Waals surface area contributed by atoms with Crippen LogP contribution in [-0.4, -0.2) is 10.5 Å². The first-order valence-electron chi connectivity index (χ1n) is 4.78. The summed E-state index contributed by atoms with van der Waals surface area (Å²) in [5.41, 5.74) is 0.990. The van der Waals surface area contributed by atoms with Gasteiger partial charge in [-0.05, 0) is 32.9 Å². The molecular formula is C11H13FN2O. The van der Waals surface area contributed by atoms with E-state index in [0.29, 0.717) is 17.1 Å². The Balaban J connectivity index is 2.39. The second-order valence-corrected chi connectivity index (χ2v) is 4.51. The van der Waals surface area contributed by atoms with E-state index in [1.807, 2.05) is 20.8 Å². The average Bonchev–Trinajstić information content (AvgIpc) is 2.42. The number of benzene rings is 1.